The van der Waals surface area contributed by atoms with Crippen molar-refractivity contribution in [2.75, 3.05) is 0 Å². The Labute approximate surface area is 121 Å². The molecule has 1 atom stereocenters. The molecule has 19 heavy (non-hydrogen) atoms. The molecule has 0 saturated heterocycles. The third kappa shape index (κ3) is 3.78. The second kappa shape index (κ2) is 6.50. The first-order chi connectivity index (χ1) is 9.10. The van der Waals surface area contributed by atoms with Gasteiger partial charge in [0.1, 0.15) is 5.82 Å². The fraction of sp³-hybridized carbons (Fsp3) is 0.357. The predicted molar refractivity (Wildman–Crippen MR) is 79.3 cm³/mol. The molecule has 0 amide bonds. The molecule has 5 heteroatoms. The van der Waals surface area contributed by atoms with Crippen molar-refractivity contribution in [1.29, 1.82) is 0 Å². The monoisotopic (exact) mass is 296 g/mol. The Morgan fingerprint density at radius 2 is 2.26 bits per heavy atom. The number of hydrogen-bond acceptors (Lipinski definition) is 4. The molecule has 0 aliphatic rings. The molecule has 0 spiro atoms. The van der Waals surface area contributed by atoms with E-state index in [-0.39, 0.29) is 11.9 Å². The largest absolute Gasteiger partial charge is 0.327 e. The van der Waals surface area contributed by atoms with Crippen molar-refractivity contribution >= 4 is 23.1 Å². The molecule has 102 valence electrons. The van der Waals surface area contributed by atoms with Crippen molar-refractivity contribution in [3.05, 3.63) is 40.7 Å². The van der Waals surface area contributed by atoms with Crippen molar-refractivity contribution in [3.63, 3.8) is 0 Å². The number of nitrogens with two attached hydrogens (primary N) is 1. The molecule has 0 bridgehead atoms. The quantitative estimate of drug-likeness (QED) is 0.905. The zero-order chi connectivity index (χ0) is 13.8. The maximum absolute atomic E-state index is 14.0. The lowest BCUT2D eigenvalue weighted by atomic mass is 10.0. The number of nitrogens with zero attached hydrogens (tertiary/aromatic N) is 1. The van der Waals surface area contributed by atoms with Gasteiger partial charge in [-0.15, -0.1) is 11.3 Å². The van der Waals surface area contributed by atoms with Crippen molar-refractivity contribution < 1.29 is 4.39 Å². The molecule has 0 aliphatic carbocycles. The summed E-state index contributed by atoms with van der Waals surface area (Å²) in [5.74, 6) is -0.196. The van der Waals surface area contributed by atoms with Crippen LogP contribution in [0.1, 0.15) is 24.6 Å². The van der Waals surface area contributed by atoms with Crippen molar-refractivity contribution in [2.24, 2.45) is 5.73 Å². The third-order valence-corrected chi connectivity index (χ3v) is 5.06. The van der Waals surface area contributed by atoms with Gasteiger partial charge in [0, 0.05) is 17.1 Å². The molecular formula is C14H17FN2S2. The van der Waals surface area contributed by atoms with Gasteiger partial charge in [-0.05, 0) is 31.4 Å². The van der Waals surface area contributed by atoms with Gasteiger partial charge < -0.3 is 5.73 Å². The van der Waals surface area contributed by atoms with Crippen LogP contribution in [0.5, 0.6) is 0 Å². The smallest absolute Gasteiger partial charge is 0.155 e. The van der Waals surface area contributed by atoms with Gasteiger partial charge in [0.15, 0.2) is 4.34 Å². The number of hydrogen-bond donors (Lipinski definition) is 1. The summed E-state index contributed by atoms with van der Waals surface area (Å²) in [6.07, 6.45) is 1.58. The summed E-state index contributed by atoms with van der Waals surface area (Å²) in [6.45, 7) is 3.98. The predicted octanol–water partition coefficient (Wildman–Crippen LogP) is 4.02. The van der Waals surface area contributed by atoms with Gasteiger partial charge in [0.25, 0.3) is 0 Å². The van der Waals surface area contributed by atoms with Crippen LogP contribution in [0, 0.1) is 12.7 Å². The molecule has 2 N–H and O–H groups in total. The topological polar surface area (TPSA) is 38.9 Å². The second-order valence-corrected chi connectivity index (χ2v) is 6.57. The van der Waals surface area contributed by atoms with Crippen LogP contribution in [0.3, 0.4) is 0 Å². The van der Waals surface area contributed by atoms with E-state index in [4.69, 9.17) is 5.73 Å². The standard InChI is InChI=1S/C14H17FN2S2/c1-3-11(16)7-10-5-4-6-12(15)13(10)19-14-17-9(2)8-18-14/h4-6,8,11H,3,7,16H2,1-2H3. The molecule has 0 fully saturated rings. The van der Waals surface area contributed by atoms with Crippen LogP contribution in [-0.2, 0) is 6.42 Å². The van der Waals surface area contributed by atoms with Gasteiger partial charge >= 0.3 is 0 Å². The first-order valence-electron chi connectivity index (χ1n) is 6.23. The van der Waals surface area contributed by atoms with E-state index in [1.807, 2.05) is 25.3 Å². The van der Waals surface area contributed by atoms with Crippen LogP contribution in [0.15, 0.2) is 32.8 Å². The number of aryl methyl sites for hydroxylation is 1. The van der Waals surface area contributed by atoms with E-state index in [9.17, 15) is 4.39 Å². The number of aromatic nitrogens is 1. The second-order valence-electron chi connectivity index (χ2n) is 4.46. The highest BCUT2D eigenvalue weighted by Crippen LogP contribution is 2.35. The maximum atomic E-state index is 14.0. The maximum Gasteiger partial charge on any atom is 0.155 e. The van der Waals surface area contributed by atoms with Gasteiger partial charge in [-0.25, -0.2) is 9.37 Å². The van der Waals surface area contributed by atoms with Crippen molar-refractivity contribution in [3.8, 4) is 0 Å². The average molecular weight is 296 g/mol. The summed E-state index contributed by atoms with van der Waals surface area (Å²) in [5, 5.41) is 1.97. The Balaban J connectivity index is 2.27. The third-order valence-electron chi connectivity index (χ3n) is 2.84. The molecule has 2 nitrogen and oxygen atoms in total. The highest BCUT2D eigenvalue weighted by molar-refractivity contribution is 8.01. The van der Waals surface area contributed by atoms with Crippen LogP contribution in [0.4, 0.5) is 4.39 Å². The normalized spacial score (nSPS) is 12.6. The van der Waals surface area contributed by atoms with E-state index < -0.39 is 0 Å². The zero-order valence-corrected chi connectivity index (χ0v) is 12.7. The number of benzene rings is 1. The lowest BCUT2D eigenvalue weighted by Gasteiger charge is -2.12. The SMILES string of the molecule is CCC(N)Cc1cccc(F)c1Sc1nc(C)cs1. The van der Waals surface area contributed by atoms with Crippen LogP contribution in [0.2, 0.25) is 0 Å². The van der Waals surface area contributed by atoms with Crippen LogP contribution >= 0.6 is 23.1 Å². The Kier molecular flexibility index (Phi) is 4.96. The van der Waals surface area contributed by atoms with E-state index in [2.05, 4.69) is 4.98 Å². The zero-order valence-electron chi connectivity index (χ0n) is 11.0. The summed E-state index contributed by atoms with van der Waals surface area (Å²) < 4.78 is 14.9. The fourth-order valence-electron chi connectivity index (χ4n) is 1.72. The van der Waals surface area contributed by atoms with Crippen molar-refractivity contribution in [1.82, 2.24) is 4.98 Å². The van der Waals surface area contributed by atoms with Crippen LogP contribution < -0.4 is 5.73 Å². The Bertz CT molecular complexity index is 554. The highest BCUT2D eigenvalue weighted by Gasteiger charge is 2.14. The molecule has 2 rings (SSSR count). The Morgan fingerprint density at radius 1 is 1.47 bits per heavy atom. The molecule has 1 unspecified atom stereocenters. The van der Waals surface area contributed by atoms with E-state index >= 15 is 0 Å². The highest BCUT2D eigenvalue weighted by atomic mass is 32.2. The average Bonchev–Trinajstić information content (AvgIpc) is 2.79. The minimum atomic E-state index is -0.196. The minimum Gasteiger partial charge on any atom is -0.327 e. The molecule has 0 radical (unpaired) electrons. The minimum absolute atomic E-state index is 0.0687. The Morgan fingerprint density at radius 3 is 2.89 bits per heavy atom. The van der Waals surface area contributed by atoms with E-state index in [0.717, 1.165) is 22.0 Å². The number of rotatable bonds is 5. The molecule has 1 aromatic carbocycles. The molecule has 1 aromatic heterocycles. The van der Waals surface area contributed by atoms with Crippen molar-refractivity contribution in [2.45, 2.75) is 42.0 Å². The summed E-state index contributed by atoms with van der Waals surface area (Å²) >= 11 is 2.93. The molecule has 0 aliphatic heterocycles. The lowest BCUT2D eigenvalue weighted by molar-refractivity contribution is 0.585. The molecule has 1 heterocycles. The van der Waals surface area contributed by atoms with E-state index in [0.29, 0.717) is 11.3 Å². The lowest BCUT2D eigenvalue weighted by Crippen LogP contribution is -2.21. The fourth-order valence-corrected chi connectivity index (χ4v) is 3.64. The van der Waals surface area contributed by atoms with Gasteiger partial charge in [0.05, 0.1) is 4.90 Å². The summed E-state index contributed by atoms with van der Waals surface area (Å²) in [7, 11) is 0. The molecule has 2 aromatic rings. The van der Waals surface area contributed by atoms with Gasteiger partial charge in [-0.3, -0.25) is 0 Å². The summed E-state index contributed by atoms with van der Waals surface area (Å²) in [5.41, 5.74) is 7.91. The van der Waals surface area contributed by atoms with Gasteiger partial charge in [-0.2, -0.15) is 0 Å². The van der Waals surface area contributed by atoms with Crippen LogP contribution in [-0.4, -0.2) is 11.0 Å². The van der Waals surface area contributed by atoms with Crippen LogP contribution in [0.25, 0.3) is 0 Å². The molecule has 0 saturated carbocycles. The Hall–Kier alpha value is -0.910. The summed E-state index contributed by atoms with van der Waals surface area (Å²) in [4.78, 5) is 5.02. The number of thiazole rings is 1. The van der Waals surface area contributed by atoms with E-state index in [1.165, 1.54) is 17.8 Å². The van der Waals surface area contributed by atoms with Gasteiger partial charge in [-0.1, -0.05) is 30.8 Å². The van der Waals surface area contributed by atoms with E-state index in [1.54, 1.807) is 17.4 Å². The van der Waals surface area contributed by atoms with Gasteiger partial charge in [0.2, 0.25) is 0 Å². The number of halogens is 1. The first-order valence-corrected chi connectivity index (χ1v) is 7.92. The first kappa shape index (κ1) is 14.5. The molecular weight excluding hydrogens is 279 g/mol. The summed E-state index contributed by atoms with van der Waals surface area (Å²) in [6, 6.07) is 5.24.